The number of anilines is 1. The molecule has 1 aromatic rings. The summed E-state index contributed by atoms with van der Waals surface area (Å²) in [6.07, 6.45) is 0. The fourth-order valence-corrected chi connectivity index (χ4v) is 2.61. The van der Waals surface area contributed by atoms with Crippen LogP contribution in [0.2, 0.25) is 0 Å². The maximum atomic E-state index is 10.7. The number of rotatable bonds is 5. The largest absolute Gasteiger partial charge is 0.383 e. The lowest BCUT2D eigenvalue weighted by Gasteiger charge is -2.37. The molecule has 0 aliphatic carbocycles. The third kappa shape index (κ3) is 4.28. The zero-order valence-corrected chi connectivity index (χ0v) is 13.3. The number of nitrogens with one attached hydrogen (secondary N) is 1. The molecule has 1 aliphatic heterocycles. The highest BCUT2D eigenvalue weighted by molar-refractivity contribution is 7.80. The number of nitro groups is 1. The smallest absolute Gasteiger partial charge is 0.269 e. The monoisotopic (exact) mass is 324 g/mol. The molecule has 0 aromatic heterocycles. The Morgan fingerprint density at radius 3 is 2.50 bits per heavy atom. The van der Waals surface area contributed by atoms with Gasteiger partial charge in [-0.15, -0.1) is 0 Å². The topological polar surface area (TPSA) is 70.9 Å². The standard InChI is InChI=1S/C14H20N4O3S/c1-21-11-6-15-14(22)17-9-7-16(8-10-17)12-2-4-13(5-3-12)18(19)20/h2-5H,6-11H2,1H3,(H,15,22). The first-order valence-electron chi connectivity index (χ1n) is 7.13. The van der Waals surface area contributed by atoms with E-state index in [0.29, 0.717) is 13.2 Å². The molecule has 1 aliphatic rings. The van der Waals surface area contributed by atoms with Gasteiger partial charge in [0.25, 0.3) is 5.69 Å². The summed E-state index contributed by atoms with van der Waals surface area (Å²) in [5, 5.41) is 14.6. The van der Waals surface area contributed by atoms with E-state index in [1.165, 1.54) is 0 Å². The zero-order valence-electron chi connectivity index (χ0n) is 12.5. The van der Waals surface area contributed by atoms with Crippen LogP contribution in [0.15, 0.2) is 24.3 Å². The van der Waals surface area contributed by atoms with Crippen molar-refractivity contribution in [1.82, 2.24) is 10.2 Å². The Labute approximate surface area is 135 Å². The molecule has 0 saturated carbocycles. The molecule has 1 aromatic carbocycles. The summed E-state index contributed by atoms with van der Waals surface area (Å²) in [7, 11) is 1.66. The van der Waals surface area contributed by atoms with Crippen LogP contribution < -0.4 is 10.2 Å². The second-order valence-corrected chi connectivity index (χ2v) is 5.36. The van der Waals surface area contributed by atoms with Gasteiger partial charge in [-0.2, -0.15) is 0 Å². The van der Waals surface area contributed by atoms with Crippen LogP contribution in [0.4, 0.5) is 11.4 Å². The van der Waals surface area contributed by atoms with Gasteiger partial charge in [-0.3, -0.25) is 10.1 Å². The highest BCUT2D eigenvalue weighted by atomic mass is 32.1. The molecule has 0 amide bonds. The summed E-state index contributed by atoms with van der Waals surface area (Å²) in [5.74, 6) is 0. The van der Waals surface area contributed by atoms with Gasteiger partial charge in [0.15, 0.2) is 5.11 Å². The molecule has 1 saturated heterocycles. The lowest BCUT2D eigenvalue weighted by Crippen LogP contribution is -2.52. The van der Waals surface area contributed by atoms with Gasteiger partial charge in [0.1, 0.15) is 0 Å². The number of nitro benzene ring substituents is 1. The van der Waals surface area contributed by atoms with Crippen LogP contribution in [0.25, 0.3) is 0 Å². The SMILES string of the molecule is COCCNC(=S)N1CCN(c2ccc([N+](=O)[O-])cc2)CC1. The average molecular weight is 324 g/mol. The molecule has 0 atom stereocenters. The first-order valence-corrected chi connectivity index (χ1v) is 7.54. The Balaban J connectivity index is 1.83. The predicted octanol–water partition coefficient (Wildman–Crippen LogP) is 1.24. The van der Waals surface area contributed by atoms with Gasteiger partial charge in [0.05, 0.1) is 11.5 Å². The van der Waals surface area contributed by atoms with Gasteiger partial charge in [0.2, 0.25) is 0 Å². The fourth-order valence-electron chi connectivity index (χ4n) is 2.32. The summed E-state index contributed by atoms with van der Waals surface area (Å²) >= 11 is 5.35. The van der Waals surface area contributed by atoms with Crippen LogP contribution in [-0.4, -0.2) is 61.4 Å². The summed E-state index contributed by atoms with van der Waals surface area (Å²) < 4.78 is 4.98. The minimum atomic E-state index is -0.383. The quantitative estimate of drug-likeness (QED) is 0.378. The number of nitrogens with zero attached hydrogens (tertiary/aromatic N) is 3. The van der Waals surface area contributed by atoms with E-state index in [9.17, 15) is 10.1 Å². The number of ether oxygens (including phenoxy) is 1. The van der Waals surface area contributed by atoms with E-state index in [1.54, 1.807) is 31.4 Å². The van der Waals surface area contributed by atoms with E-state index in [-0.39, 0.29) is 10.6 Å². The minimum Gasteiger partial charge on any atom is -0.383 e. The lowest BCUT2D eigenvalue weighted by molar-refractivity contribution is -0.384. The van der Waals surface area contributed by atoms with Crippen molar-refractivity contribution in [2.75, 3.05) is 51.3 Å². The first-order chi connectivity index (χ1) is 10.6. The number of hydrogen-bond acceptors (Lipinski definition) is 5. The minimum absolute atomic E-state index is 0.117. The molecular weight excluding hydrogens is 304 g/mol. The van der Waals surface area contributed by atoms with Crippen molar-refractivity contribution in [3.63, 3.8) is 0 Å². The van der Waals surface area contributed by atoms with Gasteiger partial charge in [-0.05, 0) is 24.4 Å². The Hall–Kier alpha value is -1.93. The number of non-ortho nitro benzene ring substituents is 1. The van der Waals surface area contributed by atoms with Crippen molar-refractivity contribution in [2.24, 2.45) is 0 Å². The summed E-state index contributed by atoms with van der Waals surface area (Å²) in [6.45, 7) is 4.67. The Morgan fingerprint density at radius 2 is 1.95 bits per heavy atom. The van der Waals surface area contributed by atoms with Crippen molar-refractivity contribution in [1.29, 1.82) is 0 Å². The maximum absolute atomic E-state index is 10.7. The second-order valence-electron chi connectivity index (χ2n) is 4.97. The van der Waals surface area contributed by atoms with Crippen molar-refractivity contribution >= 4 is 28.7 Å². The van der Waals surface area contributed by atoms with Crippen LogP contribution >= 0.6 is 12.2 Å². The molecule has 0 spiro atoms. The molecule has 7 nitrogen and oxygen atoms in total. The average Bonchev–Trinajstić information content (AvgIpc) is 2.55. The molecule has 0 bridgehead atoms. The lowest BCUT2D eigenvalue weighted by atomic mass is 10.2. The maximum Gasteiger partial charge on any atom is 0.269 e. The van der Waals surface area contributed by atoms with Crippen LogP contribution in [0.1, 0.15) is 0 Å². The van der Waals surface area contributed by atoms with Crippen LogP contribution in [-0.2, 0) is 4.74 Å². The summed E-state index contributed by atoms with van der Waals surface area (Å²) in [5.41, 5.74) is 1.12. The Bertz CT molecular complexity index is 515. The fraction of sp³-hybridized carbons (Fsp3) is 0.500. The molecule has 2 rings (SSSR count). The molecule has 1 N–H and O–H groups in total. The molecule has 0 radical (unpaired) electrons. The molecule has 1 heterocycles. The van der Waals surface area contributed by atoms with Crippen molar-refractivity contribution < 1.29 is 9.66 Å². The number of hydrogen-bond donors (Lipinski definition) is 1. The Morgan fingerprint density at radius 1 is 1.32 bits per heavy atom. The van der Waals surface area contributed by atoms with Crippen molar-refractivity contribution in [3.8, 4) is 0 Å². The molecule has 8 heteroatoms. The molecular formula is C14H20N4O3S. The van der Waals surface area contributed by atoms with Gasteiger partial charge in [0, 0.05) is 57.7 Å². The first kappa shape index (κ1) is 16.4. The van der Waals surface area contributed by atoms with Crippen molar-refractivity contribution in [2.45, 2.75) is 0 Å². The van der Waals surface area contributed by atoms with E-state index in [2.05, 4.69) is 15.1 Å². The van der Waals surface area contributed by atoms with E-state index in [4.69, 9.17) is 17.0 Å². The number of thiocarbonyl (C=S) groups is 1. The summed E-state index contributed by atoms with van der Waals surface area (Å²) in [4.78, 5) is 14.6. The van der Waals surface area contributed by atoms with Gasteiger partial charge in [-0.1, -0.05) is 0 Å². The number of methoxy groups -OCH3 is 1. The Kier molecular flexibility index (Phi) is 5.91. The molecule has 22 heavy (non-hydrogen) atoms. The van der Waals surface area contributed by atoms with Gasteiger partial charge in [-0.25, -0.2) is 0 Å². The molecule has 120 valence electrons. The highest BCUT2D eigenvalue weighted by Gasteiger charge is 2.19. The third-order valence-electron chi connectivity index (χ3n) is 3.57. The molecule has 0 unspecified atom stereocenters. The zero-order chi connectivity index (χ0) is 15.9. The number of benzene rings is 1. The normalized spacial score (nSPS) is 14.8. The van der Waals surface area contributed by atoms with E-state index >= 15 is 0 Å². The number of piperazine rings is 1. The third-order valence-corrected chi connectivity index (χ3v) is 3.98. The van der Waals surface area contributed by atoms with Crippen molar-refractivity contribution in [3.05, 3.63) is 34.4 Å². The van der Waals surface area contributed by atoms with E-state index < -0.39 is 0 Å². The van der Waals surface area contributed by atoms with Gasteiger partial charge >= 0.3 is 0 Å². The van der Waals surface area contributed by atoms with E-state index in [1.807, 2.05) is 0 Å². The van der Waals surface area contributed by atoms with Crippen LogP contribution in [0.5, 0.6) is 0 Å². The molecule has 1 fully saturated rings. The van der Waals surface area contributed by atoms with E-state index in [0.717, 1.165) is 37.0 Å². The highest BCUT2D eigenvalue weighted by Crippen LogP contribution is 2.20. The second kappa shape index (κ2) is 7.90. The summed E-state index contributed by atoms with van der Waals surface area (Å²) in [6, 6.07) is 6.67. The van der Waals surface area contributed by atoms with Gasteiger partial charge < -0.3 is 19.9 Å². The van der Waals surface area contributed by atoms with Crippen LogP contribution in [0, 0.1) is 10.1 Å². The van der Waals surface area contributed by atoms with Crippen LogP contribution in [0.3, 0.4) is 0 Å². The predicted molar refractivity (Wildman–Crippen MR) is 89.4 cm³/mol.